The first-order chi connectivity index (χ1) is 9.35. The van der Waals surface area contributed by atoms with Crippen LogP contribution in [0, 0.1) is 0 Å². The van der Waals surface area contributed by atoms with E-state index in [2.05, 4.69) is 34.6 Å². The molecule has 0 unspecified atom stereocenters. The van der Waals surface area contributed by atoms with Gasteiger partial charge in [0.25, 0.3) is 0 Å². The van der Waals surface area contributed by atoms with Gasteiger partial charge in [-0.1, -0.05) is 24.3 Å². The van der Waals surface area contributed by atoms with Crippen molar-refractivity contribution in [3.8, 4) is 10.6 Å². The molecule has 1 N–H and O–H groups in total. The van der Waals surface area contributed by atoms with Crippen molar-refractivity contribution in [3.05, 3.63) is 40.9 Å². The van der Waals surface area contributed by atoms with Gasteiger partial charge in [0.1, 0.15) is 5.01 Å². The van der Waals surface area contributed by atoms with Gasteiger partial charge < -0.3 is 10.1 Å². The van der Waals surface area contributed by atoms with Gasteiger partial charge in [-0.3, -0.25) is 0 Å². The zero-order valence-electron chi connectivity index (χ0n) is 11.1. The number of hydrogen-bond donors (Lipinski definition) is 1. The highest BCUT2D eigenvalue weighted by Crippen LogP contribution is 2.26. The predicted octanol–water partition coefficient (Wildman–Crippen LogP) is 3.21. The predicted molar refractivity (Wildman–Crippen MR) is 78.1 cm³/mol. The molecule has 0 bridgehead atoms. The number of aromatic nitrogens is 1. The van der Waals surface area contributed by atoms with Crippen LogP contribution in [0.3, 0.4) is 0 Å². The molecule has 0 amide bonds. The van der Waals surface area contributed by atoms with E-state index in [1.54, 1.807) is 18.4 Å². The maximum Gasteiger partial charge on any atom is 0.123 e. The monoisotopic (exact) mass is 274 g/mol. The molecule has 0 saturated heterocycles. The quantitative estimate of drug-likeness (QED) is 0.878. The minimum atomic E-state index is 0.661. The Kier molecular flexibility index (Phi) is 3.92. The standard InChI is InChI=1S/C15H18N2OS/c1-18-10-11-2-4-12(5-3-11)15-17-9-14(19-15)8-16-13-6-7-13/h2-5,9,13,16H,6-8,10H2,1H3. The Morgan fingerprint density at radius 3 is 2.79 bits per heavy atom. The van der Waals surface area contributed by atoms with Crippen molar-refractivity contribution in [2.24, 2.45) is 0 Å². The van der Waals surface area contributed by atoms with Crippen LogP contribution in [0.15, 0.2) is 30.5 Å². The fraction of sp³-hybridized carbons (Fsp3) is 0.400. The number of benzene rings is 1. The summed E-state index contributed by atoms with van der Waals surface area (Å²) in [6, 6.07) is 9.18. The van der Waals surface area contributed by atoms with E-state index in [9.17, 15) is 0 Å². The molecule has 1 heterocycles. The van der Waals surface area contributed by atoms with Gasteiger partial charge in [0.2, 0.25) is 0 Å². The molecule has 1 aromatic carbocycles. The van der Waals surface area contributed by atoms with Crippen LogP contribution in [-0.4, -0.2) is 18.1 Å². The number of thiazole rings is 1. The van der Waals surface area contributed by atoms with Crippen molar-refractivity contribution in [1.29, 1.82) is 0 Å². The zero-order valence-corrected chi connectivity index (χ0v) is 11.9. The summed E-state index contributed by atoms with van der Waals surface area (Å²) in [7, 11) is 1.72. The number of nitrogens with one attached hydrogen (secondary N) is 1. The van der Waals surface area contributed by atoms with Crippen LogP contribution in [0.25, 0.3) is 10.6 Å². The van der Waals surface area contributed by atoms with Gasteiger partial charge in [-0.2, -0.15) is 0 Å². The molecule has 3 rings (SSSR count). The summed E-state index contributed by atoms with van der Waals surface area (Å²) in [6.07, 6.45) is 4.64. The Morgan fingerprint density at radius 2 is 2.11 bits per heavy atom. The number of nitrogens with zero attached hydrogens (tertiary/aromatic N) is 1. The van der Waals surface area contributed by atoms with Crippen molar-refractivity contribution in [2.75, 3.05) is 7.11 Å². The first-order valence-corrected chi connectivity index (χ1v) is 7.43. The average Bonchev–Trinajstić information content (AvgIpc) is 3.15. The maximum absolute atomic E-state index is 5.12. The molecule has 4 heteroatoms. The first-order valence-electron chi connectivity index (χ1n) is 6.61. The third kappa shape index (κ3) is 3.41. The van der Waals surface area contributed by atoms with Crippen molar-refractivity contribution in [2.45, 2.75) is 32.0 Å². The summed E-state index contributed by atoms with van der Waals surface area (Å²) < 4.78 is 5.12. The number of ether oxygens (including phenoxy) is 1. The Labute approximate surface area is 117 Å². The van der Waals surface area contributed by atoms with Gasteiger partial charge in [0, 0.05) is 36.3 Å². The van der Waals surface area contributed by atoms with Crippen LogP contribution in [0.4, 0.5) is 0 Å². The fourth-order valence-electron chi connectivity index (χ4n) is 1.97. The molecule has 1 aliphatic carbocycles. The maximum atomic E-state index is 5.12. The van der Waals surface area contributed by atoms with Crippen LogP contribution in [-0.2, 0) is 17.9 Å². The Hall–Kier alpha value is -1.23. The van der Waals surface area contributed by atoms with E-state index in [0.29, 0.717) is 6.61 Å². The van der Waals surface area contributed by atoms with Crippen LogP contribution in [0.2, 0.25) is 0 Å². The van der Waals surface area contributed by atoms with Gasteiger partial charge in [-0.05, 0) is 18.4 Å². The number of methoxy groups -OCH3 is 1. The Bertz CT molecular complexity index is 531. The summed E-state index contributed by atoms with van der Waals surface area (Å²) in [5, 5.41) is 4.61. The molecule has 2 aromatic rings. The second-order valence-electron chi connectivity index (χ2n) is 4.92. The zero-order chi connectivity index (χ0) is 13.1. The lowest BCUT2D eigenvalue weighted by atomic mass is 10.1. The van der Waals surface area contributed by atoms with Gasteiger partial charge in [-0.15, -0.1) is 11.3 Å². The Morgan fingerprint density at radius 1 is 1.32 bits per heavy atom. The lowest BCUT2D eigenvalue weighted by molar-refractivity contribution is 0.185. The number of hydrogen-bond acceptors (Lipinski definition) is 4. The van der Waals surface area contributed by atoms with Gasteiger partial charge >= 0.3 is 0 Å². The highest BCUT2D eigenvalue weighted by atomic mass is 32.1. The molecule has 100 valence electrons. The minimum Gasteiger partial charge on any atom is -0.380 e. The van der Waals surface area contributed by atoms with E-state index in [0.717, 1.165) is 17.6 Å². The normalized spacial score (nSPS) is 14.8. The third-order valence-corrected chi connectivity index (χ3v) is 4.25. The summed E-state index contributed by atoms with van der Waals surface area (Å²) in [5.74, 6) is 0. The summed E-state index contributed by atoms with van der Waals surface area (Å²) in [6.45, 7) is 1.61. The lowest BCUT2D eigenvalue weighted by Gasteiger charge is -2.01. The van der Waals surface area contributed by atoms with E-state index in [-0.39, 0.29) is 0 Å². The van der Waals surface area contributed by atoms with Crippen LogP contribution in [0.1, 0.15) is 23.3 Å². The SMILES string of the molecule is COCc1ccc(-c2ncc(CNC3CC3)s2)cc1. The molecule has 1 fully saturated rings. The third-order valence-electron chi connectivity index (χ3n) is 3.21. The fourth-order valence-corrected chi connectivity index (χ4v) is 2.83. The molecule has 0 radical (unpaired) electrons. The van der Waals surface area contributed by atoms with E-state index >= 15 is 0 Å². The largest absolute Gasteiger partial charge is 0.380 e. The van der Waals surface area contributed by atoms with Gasteiger partial charge in [0.05, 0.1) is 6.61 Å². The van der Waals surface area contributed by atoms with Crippen LogP contribution < -0.4 is 5.32 Å². The summed E-state index contributed by atoms with van der Waals surface area (Å²) >= 11 is 1.77. The molecular formula is C15H18N2OS. The number of rotatable bonds is 6. The molecule has 0 aliphatic heterocycles. The van der Waals surface area contributed by atoms with Crippen LogP contribution >= 0.6 is 11.3 Å². The molecule has 0 spiro atoms. The van der Waals surface area contributed by atoms with Gasteiger partial charge in [0.15, 0.2) is 0 Å². The molecule has 1 aromatic heterocycles. The molecule has 3 nitrogen and oxygen atoms in total. The smallest absolute Gasteiger partial charge is 0.123 e. The van der Waals surface area contributed by atoms with Crippen molar-refractivity contribution in [1.82, 2.24) is 10.3 Å². The van der Waals surface area contributed by atoms with E-state index in [1.165, 1.54) is 28.8 Å². The first kappa shape index (κ1) is 12.8. The van der Waals surface area contributed by atoms with E-state index < -0.39 is 0 Å². The minimum absolute atomic E-state index is 0.661. The highest BCUT2D eigenvalue weighted by molar-refractivity contribution is 7.15. The highest BCUT2D eigenvalue weighted by Gasteiger charge is 2.20. The Balaban J connectivity index is 1.66. The molecule has 1 saturated carbocycles. The molecule has 1 aliphatic rings. The molecule has 0 atom stereocenters. The van der Waals surface area contributed by atoms with E-state index in [4.69, 9.17) is 4.74 Å². The molecular weight excluding hydrogens is 256 g/mol. The van der Waals surface area contributed by atoms with Gasteiger partial charge in [-0.25, -0.2) is 4.98 Å². The average molecular weight is 274 g/mol. The van der Waals surface area contributed by atoms with Crippen molar-refractivity contribution < 1.29 is 4.74 Å². The van der Waals surface area contributed by atoms with Crippen LogP contribution in [0.5, 0.6) is 0 Å². The van der Waals surface area contributed by atoms with E-state index in [1.807, 2.05) is 6.20 Å². The molecule has 19 heavy (non-hydrogen) atoms. The second-order valence-corrected chi connectivity index (χ2v) is 6.03. The van der Waals surface area contributed by atoms with Crippen molar-refractivity contribution >= 4 is 11.3 Å². The van der Waals surface area contributed by atoms with Crippen molar-refractivity contribution in [3.63, 3.8) is 0 Å². The topological polar surface area (TPSA) is 34.1 Å². The summed E-state index contributed by atoms with van der Waals surface area (Å²) in [4.78, 5) is 5.82. The lowest BCUT2D eigenvalue weighted by Crippen LogP contribution is -2.14. The summed E-state index contributed by atoms with van der Waals surface area (Å²) in [5.41, 5.74) is 2.38. The second kappa shape index (κ2) is 5.82.